The number of nitrogens with zero attached hydrogens (tertiary/aromatic N) is 2. The zero-order valence-electron chi connectivity index (χ0n) is 10.2. The van der Waals surface area contributed by atoms with Crippen LogP contribution in [-0.2, 0) is 6.54 Å². The lowest BCUT2D eigenvalue weighted by atomic mass is 10.2. The van der Waals surface area contributed by atoms with E-state index in [-0.39, 0.29) is 18.6 Å². The number of rotatable bonds is 4. The highest BCUT2D eigenvalue weighted by Gasteiger charge is 2.16. The normalized spacial score (nSPS) is 9.76. The molecular weight excluding hydrogens is 214 g/mol. The van der Waals surface area contributed by atoms with Crippen molar-refractivity contribution in [3.8, 4) is 6.07 Å². The average Bonchev–Trinajstić information content (AvgIpc) is 2.34. The molecule has 0 heterocycles. The summed E-state index contributed by atoms with van der Waals surface area (Å²) in [5.41, 5.74) is 1.08. The van der Waals surface area contributed by atoms with Crippen LogP contribution < -0.4 is 5.32 Å². The molecule has 1 rings (SSSR count). The molecule has 0 bridgehead atoms. The van der Waals surface area contributed by atoms with Crippen LogP contribution in [-0.4, -0.2) is 23.5 Å². The molecule has 90 valence electrons. The Morgan fingerprint density at radius 2 is 2.06 bits per heavy atom. The highest BCUT2D eigenvalue weighted by molar-refractivity contribution is 5.74. The van der Waals surface area contributed by atoms with Crippen LogP contribution in [0.2, 0.25) is 0 Å². The summed E-state index contributed by atoms with van der Waals surface area (Å²) in [6, 6.07) is 11.6. The van der Waals surface area contributed by atoms with Gasteiger partial charge in [-0.05, 0) is 19.4 Å². The Labute approximate surface area is 102 Å². The van der Waals surface area contributed by atoms with Crippen LogP contribution in [0.5, 0.6) is 0 Å². The van der Waals surface area contributed by atoms with Crippen molar-refractivity contribution in [1.82, 2.24) is 10.2 Å². The van der Waals surface area contributed by atoms with E-state index in [4.69, 9.17) is 5.26 Å². The Kier molecular flexibility index (Phi) is 5.02. The second-order valence-electron chi connectivity index (χ2n) is 4.02. The van der Waals surface area contributed by atoms with Gasteiger partial charge in [0, 0.05) is 12.6 Å². The molecule has 0 saturated heterocycles. The van der Waals surface area contributed by atoms with E-state index in [1.54, 1.807) is 4.90 Å². The molecule has 0 aliphatic rings. The zero-order valence-corrected chi connectivity index (χ0v) is 10.2. The number of hydrogen-bond donors (Lipinski definition) is 1. The van der Waals surface area contributed by atoms with Gasteiger partial charge in [-0.1, -0.05) is 30.3 Å². The number of urea groups is 1. The first-order valence-corrected chi connectivity index (χ1v) is 5.60. The van der Waals surface area contributed by atoms with Crippen molar-refractivity contribution >= 4 is 6.03 Å². The summed E-state index contributed by atoms with van der Waals surface area (Å²) < 4.78 is 0. The molecule has 0 radical (unpaired) electrons. The molecule has 0 spiro atoms. The van der Waals surface area contributed by atoms with Gasteiger partial charge >= 0.3 is 6.03 Å². The molecule has 0 aromatic heterocycles. The first kappa shape index (κ1) is 13.0. The van der Waals surface area contributed by atoms with Gasteiger partial charge in [0.25, 0.3) is 0 Å². The third-order valence-corrected chi connectivity index (χ3v) is 2.40. The van der Waals surface area contributed by atoms with Crippen molar-refractivity contribution in [3.05, 3.63) is 35.9 Å². The van der Waals surface area contributed by atoms with Crippen molar-refractivity contribution < 1.29 is 4.79 Å². The average molecular weight is 231 g/mol. The number of nitriles is 1. The van der Waals surface area contributed by atoms with Gasteiger partial charge in [-0.3, -0.25) is 0 Å². The molecule has 0 fully saturated rings. The van der Waals surface area contributed by atoms with Crippen LogP contribution in [0.25, 0.3) is 0 Å². The highest BCUT2D eigenvalue weighted by Crippen LogP contribution is 2.08. The molecule has 17 heavy (non-hydrogen) atoms. The van der Waals surface area contributed by atoms with Crippen molar-refractivity contribution in [2.45, 2.75) is 26.4 Å². The molecule has 0 saturated carbocycles. The van der Waals surface area contributed by atoms with Crippen LogP contribution in [0.3, 0.4) is 0 Å². The third-order valence-electron chi connectivity index (χ3n) is 2.40. The van der Waals surface area contributed by atoms with E-state index in [1.807, 2.05) is 50.2 Å². The number of carbonyl (C=O) groups is 1. The van der Waals surface area contributed by atoms with Crippen LogP contribution in [0.1, 0.15) is 19.4 Å². The highest BCUT2D eigenvalue weighted by atomic mass is 16.2. The van der Waals surface area contributed by atoms with E-state index in [0.717, 1.165) is 5.56 Å². The Bertz CT molecular complexity index is 395. The largest absolute Gasteiger partial charge is 0.325 e. The number of amides is 2. The summed E-state index contributed by atoms with van der Waals surface area (Å²) in [7, 11) is 0. The molecule has 0 aliphatic heterocycles. The maximum Gasteiger partial charge on any atom is 0.318 e. The summed E-state index contributed by atoms with van der Waals surface area (Å²) in [4.78, 5) is 13.5. The van der Waals surface area contributed by atoms with E-state index < -0.39 is 0 Å². The lowest BCUT2D eigenvalue weighted by molar-refractivity contribution is 0.181. The fourth-order valence-electron chi connectivity index (χ4n) is 1.49. The summed E-state index contributed by atoms with van der Waals surface area (Å²) >= 11 is 0. The van der Waals surface area contributed by atoms with E-state index in [0.29, 0.717) is 6.54 Å². The maximum absolute atomic E-state index is 11.8. The second kappa shape index (κ2) is 6.54. The van der Waals surface area contributed by atoms with E-state index in [2.05, 4.69) is 5.32 Å². The van der Waals surface area contributed by atoms with Gasteiger partial charge < -0.3 is 10.2 Å². The van der Waals surface area contributed by atoms with Gasteiger partial charge in [0.2, 0.25) is 0 Å². The third kappa shape index (κ3) is 4.15. The van der Waals surface area contributed by atoms with Gasteiger partial charge in [0.15, 0.2) is 0 Å². The molecule has 0 unspecified atom stereocenters. The van der Waals surface area contributed by atoms with Crippen LogP contribution in [0, 0.1) is 11.3 Å². The minimum atomic E-state index is -0.203. The molecule has 1 N–H and O–H groups in total. The standard InChI is InChI=1S/C13H17N3O/c1-11(2)16(13(17)15-9-8-14)10-12-6-4-3-5-7-12/h3-7,11H,9-10H2,1-2H3,(H,15,17). The zero-order chi connectivity index (χ0) is 12.7. The molecule has 4 nitrogen and oxygen atoms in total. The topological polar surface area (TPSA) is 56.1 Å². The second-order valence-corrected chi connectivity index (χ2v) is 4.02. The smallest absolute Gasteiger partial charge is 0.318 e. The fraction of sp³-hybridized carbons (Fsp3) is 0.385. The molecule has 4 heteroatoms. The Morgan fingerprint density at radius 1 is 1.41 bits per heavy atom. The number of benzene rings is 1. The Balaban J connectivity index is 2.67. The Hall–Kier alpha value is -2.02. The predicted molar refractivity (Wildman–Crippen MR) is 66.1 cm³/mol. The first-order chi connectivity index (χ1) is 8.15. The number of carbonyl (C=O) groups excluding carboxylic acids is 1. The first-order valence-electron chi connectivity index (χ1n) is 5.60. The van der Waals surface area contributed by atoms with Gasteiger partial charge in [0.05, 0.1) is 6.07 Å². The Morgan fingerprint density at radius 3 is 2.59 bits per heavy atom. The summed E-state index contributed by atoms with van der Waals surface area (Å²) in [5.74, 6) is 0. The molecule has 2 amide bonds. The number of nitrogens with one attached hydrogen (secondary N) is 1. The predicted octanol–water partition coefficient (Wildman–Crippen LogP) is 2.13. The van der Waals surface area contributed by atoms with Gasteiger partial charge in [-0.25, -0.2) is 4.79 Å². The van der Waals surface area contributed by atoms with Gasteiger partial charge in [0.1, 0.15) is 6.54 Å². The van der Waals surface area contributed by atoms with E-state index in [9.17, 15) is 4.79 Å². The van der Waals surface area contributed by atoms with Gasteiger partial charge in [-0.15, -0.1) is 0 Å². The van der Waals surface area contributed by atoms with Crippen molar-refractivity contribution in [3.63, 3.8) is 0 Å². The minimum absolute atomic E-state index is 0.0385. The number of hydrogen-bond acceptors (Lipinski definition) is 2. The van der Waals surface area contributed by atoms with Crippen LogP contribution in [0.15, 0.2) is 30.3 Å². The van der Waals surface area contributed by atoms with Crippen molar-refractivity contribution in [1.29, 1.82) is 5.26 Å². The monoisotopic (exact) mass is 231 g/mol. The molecule has 0 atom stereocenters. The van der Waals surface area contributed by atoms with Crippen molar-refractivity contribution in [2.24, 2.45) is 0 Å². The van der Waals surface area contributed by atoms with E-state index in [1.165, 1.54) is 0 Å². The minimum Gasteiger partial charge on any atom is -0.325 e. The SMILES string of the molecule is CC(C)N(Cc1ccccc1)C(=O)NCC#N. The lowest BCUT2D eigenvalue weighted by Crippen LogP contribution is -2.43. The summed E-state index contributed by atoms with van der Waals surface area (Å²) in [6.07, 6.45) is 0. The summed E-state index contributed by atoms with van der Waals surface area (Å²) in [5, 5.41) is 11.0. The summed E-state index contributed by atoms with van der Waals surface area (Å²) in [6.45, 7) is 4.50. The van der Waals surface area contributed by atoms with Crippen LogP contribution >= 0.6 is 0 Å². The molecule has 0 aliphatic carbocycles. The molecular formula is C13H17N3O. The molecule has 1 aromatic carbocycles. The van der Waals surface area contributed by atoms with Crippen molar-refractivity contribution in [2.75, 3.05) is 6.54 Å². The van der Waals surface area contributed by atoms with Crippen LogP contribution in [0.4, 0.5) is 4.79 Å². The lowest BCUT2D eigenvalue weighted by Gasteiger charge is -2.26. The molecule has 1 aromatic rings. The quantitative estimate of drug-likeness (QED) is 0.807. The maximum atomic E-state index is 11.8. The van der Waals surface area contributed by atoms with Gasteiger partial charge in [-0.2, -0.15) is 5.26 Å². The fourth-order valence-corrected chi connectivity index (χ4v) is 1.49. The van der Waals surface area contributed by atoms with E-state index >= 15 is 0 Å².